The van der Waals surface area contributed by atoms with Gasteiger partial charge < -0.3 is 45.2 Å². The minimum atomic E-state index is -1.83. The summed E-state index contributed by atoms with van der Waals surface area (Å²) in [5.41, 5.74) is 1.47. The van der Waals surface area contributed by atoms with Crippen molar-refractivity contribution in [3.63, 3.8) is 0 Å². The number of alkyl carbamates (subject to hydrolysis) is 1. The fourth-order valence-electron chi connectivity index (χ4n) is 3.50. The number of ether oxygens (including phenoxy) is 2. The number of carbonyl (C=O) groups is 3. The number of benzene rings is 2. The molecule has 12 heteroatoms. The van der Waals surface area contributed by atoms with Crippen LogP contribution in [0.5, 0.6) is 0 Å². The number of likely N-dealkylation sites (N-methyl/N-ethyl adjacent to an activating group) is 1. The van der Waals surface area contributed by atoms with Crippen LogP contribution in [0.2, 0.25) is 0 Å². The number of hydrogen-bond acceptors (Lipinski definition) is 10. The SMILES string of the molecule is CN(C[C@H](O)[C@@H](O)[C@H](O)C(O)CO)C(=O)CC[C@H](NC(=O)OCc1ccccc1)C(=O)OCc1ccccc1. The van der Waals surface area contributed by atoms with E-state index in [4.69, 9.17) is 14.6 Å². The van der Waals surface area contributed by atoms with Crippen molar-refractivity contribution in [1.82, 2.24) is 10.2 Å². The molecule has 5 atom stereocenters. The molecule has 0 saturated carbocycles. The highest BCUT2D eigenvalue weighted by Gasteiger charge is 2.32. The van der Waals surface area contributed by atoms with Gasteiger partial charge in [-0.05, 0) is 17.5 Å². The van der Waals surface area contributed by atoms with Gasteiger partial charge in [0.2, 0.25) is 5.91 Å². The van der Waals surface area contributed by atoms with Gasteiger partial charge in [0, 0.05) is 20.0 Å². The number of amides is 2. The monoisotopic (exact) mass is 548 g/mol. The van der Waals surface area contributed by atoms with Crippen LogP contribution in [-0.4, -0.2) is 99.1 Å². The van der Waals surface area contributed by atoms with E-state index in [9.17, 15) is 34.8 Å². The fourth-order valence-corrected chi connectivity index (χ4v) is 3.50. The van der Waals surface area contributed by atoms with E-state index in [0.29, 0.717) is 0 Å². The van der Waals surface area contributed by atoms with Gasteiger partial charge in [-0.15, -0.1) is 0 Å². The van der Waals surface area contributed by atoms with Crippen molar-refractivity contribution in [3.05, 3.63) is 71.8 Å². The molecule has 1 unspecified atom stereocenters. The Morgan fingerprint density at radius 2 is 1.33 bits per heavy atom. The molecule has 2 aromatic carbocycles. The smallest absolute Gasteiger partial charge is 0.408 e. The summed E-state index contributed by atoms with van der Waals surface area (Å²) >= 11 is 0. The van der Waals surface area contributed by atoms with Gasteiger partial charge in [0.1, 0.15) is 43.7 Å². The molecular weight excluding hydrogens is 512 g/mol. The van der Waals surface area contributed by atoms with E-state index in [1.54, 1.807) is 48.5 Å². The Morgan fingerprint density at radius 1 is 0.821 bits per heavy atom. The normalized spacial score (nSPS) is 14.8. The van der Waals surface area contributed by atoms with Crippen molar-refractivity contribution in [3.8, 4) is 0 Å². The highest BCUT2D eigenvalue weighted by Crippen LogP contribution is 2.10. The van der Waals surface area contributed by atoms with E-state index < -0.39 is 61.6 Å². The van der Waals surface area contributed by atoms with Gasteiger partial charge in [-0.2, -0.15) is 0 Å². The van der Waals surface area contributed by atoms with Crippen LogP contribution in [0.25, 0.3) is 0 Å². The zero-order valence-electron chi connectivity index (χ0n) is 21.6. The fraction of sp³-hybridized carbons (Fsp3) is 0.444. The maximum atomic E-state index is 12.8. The minimum absolute atomic E-state index is 0.0306. The molecule has 2 amide bonds. The molecule has 0 heterocycles. The second-order valence-corrected chi connectivity index (χ2v) is 8.96. The van der Waals surface area contributed by atoms with Crippen LogP contribution in [0, 0.1) is 0 Å². The summed E-state index contributed by atoms with van der Waals surface area (Å²) in [5.74, 6) is -1.32. The third kappa shape index (κ3) is 11.0. The van der Waals surface area contributed by atoms with E-state index in [1.807, 2.05) is 12.1 Å². The number of rotatable bonds is 15. The van der Waals surface area contributed by atoms with Crippen molar-refractivity contribution in [2.45, 2.75) is 56.5 Å². The molecule has 2 aromatic rings. The van der Waals surface area contributed by atoms with Gasteiger partial charge in [0.05, 0.1) is 6.61 Å². The van der Waals surface area contributed by atoms with Gasteiger partial charge in [-0.3, -0.25) is 4.79 Å². The molecule has 0 aliphatic heterocycles. The Morgan fingerprint density at radius 3 is 1.87 bits per heavy atom. The second-order valence-electron chi connectivity index (χ2n) is 8.96. The minimum Gasteiger partial charge on any atom is -0.459 e. The van der Waals surface area contributed by atoms with Crippen LogP contribution in [-0.2, 0) is 32.3 Å². The van der Waals surface area contributed by atoms with Gasteiger partial charge in [-0.1, -0.05) is 60.7 Å². The summed E-state index contributed by atoms with van der Waals surface area (Å²) in [6.07, 6.45) is -8.24. The predicted molar refractivity (Wildman–Crippen MR) is 138 cm³/mol. The molecule has 2 rings (SSSR count). The summed E-state index contributed by atoms with van der Waals surface area (Å²) < 4.78 is 10.5. The first-order valence-corrected chi connectivity index (χ1v) is 12.4. The van der Waals surface area contributed by atoms with Crippen molar-refractivity contribution >= 4 is 18.0 Å². The number of carbonyl (C=O) groups excluding carboxylic acids is 3. The maximum absolute atomic E-state index is 12.8. The van der Waals surface area contributed by atoms with Crippen molar-refractivity contribution in [1.29, 1.82) is 0 Å². The van der Waals surface area contributed by atoms with Crippen LogP contribution in [0.4, 0.5) is 4.79 Å². The predicted octanol–water partition coefficient (Wildman–Crippen LogP) is -0.301. The van der Waals surface area contributed by atoms with Crippen molar-refractivity contribution in [2.24, 2.45) is 0 Å². The van der Waals surface area contributed by atoms with Crippen LogP contribution >= 0.6 is 0 Å². The number of esters is 1. The molecule has 0 aromatic heterocycles. The van der Waals surface area contributed by atoms with Gasteiger partial charge in [0.25, 0.3) is 0 Å². The first-order valence-electron chi connectivity index (χ1n) is 12.4. The lowest BCUT2D eigenvalue weighted by Gasteiger charge is -2.28. The third-order valence-electron chi connectivity index (χ3n) is 5.87. The Hall–Kier alpha value is -3.55. The first kappa shape index (κ1) is 31.7. The number of aliphatic hydroxyl groups excluding tert-OH is 5. The molecule has 0 radical (unpaired) electrons. The largest absolute Gasteiger partial charge is 0.459 e. The van der Waals surface area contributed by atoms with E-state index in [2.05, 4.69) is 5.32 Å². The standard InChI is InChI=1S/C27H36N2O10/c1-29(14-21(31)24(34)25(35)22(32)15-30)23(33)13-12-20(26(36)38-16-18-8-4-2-5-9-18)28-27(37)39-17-19-10-6-3-7-11-19/h2-11,20-22,24-25,30-32,34-35H,12-17H2,1H3,(H,28,37)/t20-,21-,22?,24+,25+/m0/s1. The molecule has 39 heavy (non-hydrogen) atoms. The van der Waals surface area contributed by atoms with Gasteiger partial charge >= 0.3 is 12.1 Å². The van der Waals surface area contributed by atoms with Crippen molar-refractivity contribution in [2.75, 3.05) is 20.2 Å². The molecule has 0 aliphatic rings. The zero-order valence-corrected chi connectivity index (χ0v) is 21.6. The van der Waals surface area contributed by atoms with Gasteiger partial charge in [-0.25, -0.2) is 9.59 Å². The topological polar surface area (TPSA) is 186 Å². The lowest BCUT2D eigenvalue weighted by atomic mass is 10.0. The van der Waals surface area contributed by atoms with Crippen LogP contribution in [0.15, 0.2) is 60.7 Å². The molecule has 0 spiro atoms. The van der Waals surface area contributed by atoms with Gasteiger partial charge in [0.15, 0.2) is 0 Å². The molecule has 0 aliphatic carbocycles. The average molecular weight is 549 g/mol. The van der Waals surface area contributed by atoms with E-state index in [1.165, 1.54) is 7.05 Å². The van der Waals surface area contributed by atoms with Crippen LogP contribution < -0.4 is 5.32 Å². The number of hydrogen-bond donors (Lipinski definition) is 6. The lowest BCUT2D eigenvalue weighted by molar-refractivity contribution is -0.148. The summed E-state index contributed by atoms with van der Waals surface area (Å²) in [7, 11) is 1.33. The van der Waals surface area contributed by atoms with Crippen molar-refractivity contribution < 1.29 is 49.4 Å². The maximum Gasteiger partial charge on any atom is 0.408 e. The Kier molecular flexibility index (Phi) is 13.3. The second kappa shape index (κ2) is 16.4. The number of nitrogens with zero attached hydrogens (tertiary/aromatic N) is 1. The van der Waals surface area contributed by atoms with E-state index >= 15 is 0 Å². The molecular formula is C27H36N2O10. The van der Waals surface area contributed by atoms with E-state index in [-0.39, 0.29) is 26.1 Å². The molecule has 0 fully saturated rings. The lowest BCUT2D eigenvalue weighted by Crippen LogP contribution is -2.50. The molecule has 0 saturated heterocycles. The Bertz CT molecular complexity index is 1020. The highest BCUT2D eigenvalue weighted by atomic mass is 16.6. The number of aliphatic hydroxyl groups is 5. The summed E-state index contributed by atoms with van der Waals surface area (Å²) in [5, 5.41) is 50.6. The molecule has 12 nitrogen and oxygen atoms in total. The third-order valence-corrected chi connectivity index (χ3v) is 5.87. The molecule has 214 valence electrons. The summed E-state index contributed by atoms with van der Waals surface area (Å²) in [6.45, 7) is -1.32. The first-order chi connectivity index (χ1) is 18.6. The quantitative estimate of drug-likeness (QED) is 0.161. The molecule has 6 N–H and O–H groups in total. The Balaban J connectivity index is 1.96. The summed E-state index contributed by atoms with van der Waals surface area (Å²) in [4.78, 5) is 38.9. The van der Waals surface area contributed by atoms with E-state index in [0.717, 1.165) is 16.0 Å². The van der Waals surface area contributed by atoms with Crippen LogP contribution in [0.3, 0.4) is 0 Å². The van der Waals surface area contributed by atoms with Crippen LogP contribution in [0.1, 0.15) is 24.0 Å². The molecule has 0 bridgehead atoms. The Labute approximate surface area is 226 Å². The zero-order chi connectivity index (χ0) is 28.8. The average Bonchev–Trinajstić information content (AvgIpc) is 2.96. The summed E-state index contributed by atoms with van der Waals surface area (Å²) in [6, 6.07) is 16.6. The highest BCUT2D eigenvalue weighted by molar-refractivity contribution is 5.83. The number of nitrogens with one attached hydrogen (secondary N) is 1.